The molecule has 1 heterocycles. The van der Waals surface area contributed by atoms with Crippen molar-refractivity contribution in [2.75, 3.05) is 5.73 Å². The van der Waals surface area contributed by atoms with Gasteiger partial charge < -0.3 is 5.73 Å². The van der Waals surface area contributed by atoms with Gasteiger partial charge in [-0.15, -0.1) is 0 Å². The Labute approximate surface area is 192 Å². The van der Waals surface area contributed by atoms with Crippen molar-refractivity contribution in [3.8, 4) is 0 Å². The number of hydrogen-bond acceptors (Lipinski definition) is 4. The van der Waals surface area contributed by atoms with Crippen molar-refractivity contribution in [2.45, 2.75) is 37.5 Å². The molecule has 2 N–H and O–H groups in total. The van der Waals surface area contributed by atoms with Crippen molar-refractivity contribution < 1.29 is 9.59 Å². The van der Waals surface area contributed by atoms with E-state index < -0.39 is 0 Å². The summed E-state index contributed by atoms with van der Waals surface area (Å²) in [6.07, 6.45) is 3.25. The monoisotopic (exact) mass is 432 g/mol. The summed E-state index contributed by atoms with van der Waals surface area (Å²) in [5.41, 5.74) is 12.6. The number of benzene rings is 3. The number of Topliss-reactive ketones (excluding diaryl/α,β-unsaturated/α-hetero) is 2. The third kappa shape index (κ3) is 3.25. The van der Waals surface area contributed by atoms with E-state index in [2.05, 4.69) is 12.1 Å². The van der Waals surface area contributed by atoms with Gasteiger partial charge in [0.15, 0.2) is 11.6 Å². The quantitative estimate of drug-likeness (QED) is 0.334. The zero-order valence-electron chi connectivity index (χ0n) is 18.3. The molecule has 2 atom stereocenters. The molecular weight excluding hydrogens is 408 g/mol. The lowest BCUT2D eigenvalue weighted by molar-refractivity contribution is 0.0922. The molecule has 4 heteroatoms. The van der Waals surface area contributed by atoms with Crippen LogP contribution < -0.4 is 5.73 Å². The van der Waals surface area contributed by atoms with E-state index in [1.807, 2.05) is 54.6 Å². The van der Waals surface area contributed by atoms with E-state index in [-0.39, 0.29) is 23.4 Å². The number of aryl methyl sites for hydroxylation is 2. The molecule has 0 radical (unpaired) electrons. The van der Waals surface area contributed by atoms with E-state index in [4.69, 9.17) is 10.7 Å². The molecule has 2 aliphatic rings. The van der Waals surface area contributed by atoms with Gasteiger partial charge >= 0.3 is 0 Å². The number of nitrogen functional groups attached to an aromatic ring is 1. The minimum atomic E-state index is -0.262. The molecule has 6 rings (SSSR count). The molecule has 0 bridgehead atoms. The SMILES string of the molecule is Nc1ccc2nc(C(=O)[C@@H]3CCc4ccccc43)c(C(=O)C3CCc4ccccc43)cc2c1. The summed E-state index contributed by atoms with van der Waals surface area (Å²) in [4.78, 5) is 32.5. The Balaban J connectivity index is 1.49. The summed E-state index contributed by atoms with van der Waals surface area (Å²) in [5, 5.41) is 0.785. The van der Waals surface area contributed by atoms with Crippen LogP contribution >= 0.6 is 0 Å². The molecule has 1 aromatic heterocycles. The van der Waals surface area contributed by atoms with Crippen LogP contribution in [-0.2, 0) is 12.8 Å². The predicted octanol–water partition coefficient (Wildman–Crippen LogP) is 5.64. The number of rotatable bonds is 4. The number of carbonyl (C=O) groups is 2. The number of hydrogen-bond donors (Lipinski definition) is 1. The normalized spacial score (nSPS) is 18.8. The molecule has 4 nitrogen and oxygen atoms in total. The Morgan fingerprint density at radius 2 is 1.36 bits per heavy atom. The molecule has 2 aliphatic carbocycles. The summed E-state index contributed by atoms with van der Waals surface area (Å²) in [6, 6.07) is 23.5. The number of nitrogens with zero attached hydrogens (tertiary/aromatic N) is 1. The third-order valence-corrected chi connectivity index (χ3v) is 7.24. The Kier molecular flexibility index (Phi) is 4.61. The minimum Gasteiger partial charge on any atom is -0.399 e. The van der Waals surface area contributed by atoms with Gasteiger partial charge in [-0.1, -0.05) is 48.5 Å². The van der Waals surface area contributed by atoms with Crippen LogP contribution in [0.15, 0.2) is 72.8 Å². The van der Waals surface area contributed by atoms with Gasteiger partial charge in [0.25, 0.3) is 0 Å². The van der Waals surface area contributed by atoms with Gasteiger partial charge in [-0.3, -0.25) is 9.59 Å². The van der Waals surface area contributed by atoms with Crippen LogP contribution in [0.4, 0.5) is 5.69 Å². The first kappa shape index (κ1) is 19.9. The first-order chi connectivity index (χ1) is 16.1. The fourth-order valence-electron chi connectivity index (χ4n) is 5.58. The van der Waals surface area contributed by atoms with Crippen LogP contribution in [0.25, 0.3) is 10.9 Å². The van der Waals surface area contributed by atoms with Gasteiger partial charge in [0.2, 0.25) is 0 Å². The zero-order valence-corrected chi connectivity index (χ0v) is 18.3. The highest BCUT2D eigenvalue weighted by atomic mass is 16.1. The second-order valence-corrected chi connectivity index (χ2v) is 9.15. The minimum absolute atomic E-state index is 0.0218. The number of nitrogens with two attached hydrogens (primary N) is 1. The van der Waals surface area contributed by atoms with Crippen LogP contribution in [0.3, 0.4) is 0 Å². The summed E-state index contributed by atoms with van der Waals surface area (Å²) < 4.78 is 0. The highest BCUT2D eigenvalue weighted by molar-refractivity contribution is 6.14. The van der Waals surface area contributed by atoms with Crippen molar-refractivity contribution in [3.05, 3.63) is 106 Å². The van der Waals surface area contributed by atoms with Crippen molar-refractivity contribution in [1.82, 2.24) is 4.98 Å². The third-order valence-electron chi connectivity index (χ3n) is 7.24. The fourth-order valence-corrected chi connectivity index (χ4v) is 5.58. The van der Waals surface area contributed by atoms with Crippen LogP contribution in [-0.4, -0.2) is 16.6 Å². The largest absolute Gasteiger partial charge is 0.399 e. The maximum atomic E-state index is 13.9. The number of carbonyl (C=O) groups excluding carboxylic acids is 2. The van der Waals surface area contributed by atoms with E-state index in [0.717, 1.165) is 42.2 Å². The molecule has 0 aliphatic heterocycles. The van der Waals surface area contributed by atoms with Crippen LogP contribution in [0.1, 0.15) is 67.8 Å². The van der Waals surface area contributed by atoms with E-state index >= 15 is 0 Å². The van der Waals surface area contributed by atoms with Crippen molar-refractivity contribution in [2.24, 2.45) is 0 Å². The standard InChI is InChI=1S/C29H24N2O2/c30-20-11-14-26-19(15-20)16-25(28(32)23-12-9-17-5-1-3-7-21(17)23)27(31-26)29(33)24-13-10-18-6-2-4-8-22(18)24/h1-8,11,14-16,23-24H,9-10,12-13,30H2/t23?,24-/m1/s1. The van der Waals surface area contributed by atoms with Gasteiger partial charge in [0.1, 0.15) is 5.69 Å². The lowest BCUT2D eigenvalue weighted by atomic mass is 9.86. The van der Waals surface area contributed by atoms with Crippen molar-refractivity contribution in [1.29, 1.82) is 0 Å². The zero-order chi connectivity index (χ0) is 22.5. The smallest absolute Gasteiger partial charge is 0.189 e. The Morgan fingerprint density at radius 1 is 0.758 bits per heavy atom. The van der Waals surface area contributed by atoms with Gasteiger partial charge in [-0.05, 0) is 72.2 Å². The Hall–Kier alpha value is -3.79. The topological polar surface area (TPSA) is 73.0 Å². The van der Waals surface area contributed by atoms with E-state index in [1.165, 1.54) is 11.1 Å². The maximum absolute atomic E-state index is 13.9. The summed E-state index contributed by atoms with van der Waals surface area (Å²) in [6.45, 7) is 0. The highest BCUT2D eigenvalue weighted by Crippen LogP contribution is 2.39. The molecule has 0 amide bonds. The van der Waals surface area contributed by atoms with Gasteiger partial charge in [0, 0.05) is 28.5 Å². The van der Waals surface area contributed by atoms with Gasteiger partial charge in [-0.2, -0.15) is 0 Å². The Bertz CT molecular complexity index is 1440. The van der Waals surface area contributed by atoms with E-state index in [1.54, 1.807) is 6.07 Å². The average molecular weight is 433 g/mol. The molecule has 0 spiro atoms. The first-order valence-electron chi connectivity index (χ1n) is 11.5. The average Bonchev–Trinajstić information content (AvgIpc) is 3.47. The van der Waals surface area contributed by atoms with Crippen LogP contribution in [0, 0.1) is 0 Å². The first-order valence-corrected chi connectivity index (χ1v) is 11.5. The summed E-state index contributed by atoms with van der Waals surface area (Å²) in [5.74, 6) is -0.592. The predicted molar refractivity (Wildman–Crippen MR) is 130 cm³/mol. The maximum Gasteiger partial charge on any atom is 0.189 e. The van der Waals surface area contributed by atoms with Crippen LogP contribution in [0.5, 0.6) is 0 Å². The summed E-state index contributed by atoms with van der Waals surface area (Å²) in [7, 11) is 0. The van der Waals surface area contributed by atoms with E-state index in [0.29, 0.717) is 22.5 Å². The van der Waals surface area contributed by atoms with E-state index in [9.17, 15) is 9.59 Å². The molecular formula is C29H24N2O2. The van der Waals surface area contributed by atoms with Gasteiger partial charge in [-0.25, -0.2) is 4.98 Å². The molecule has 1 unspecified atom stereocenters. The lowest BCUT2D eigenvalue weighted by Crippen LogP contribution is -2.20. The number of aromatic nitrogens is 1. The highest BCUT2D eigenvalue weighted by Gasteiger charge is 2.35. The number of ketones is 2. The Morgan fingerprint density at radius 3 is 2.03 bits per heavy atom. The number of fused-ring (bicyclic) bond motifs is 3. The second kappa shape index (κ2) is 7.66. The fraction of sp³-hybridized carbons (Fsp3) is 0.207. The molecule has 0 fully saturated rings. The molecule has 0 saturated heterocycles. The van der Waals surface area contributed by atoms with Crippen molar-refractivity contribution in [3.63, 3.8) is 0 Å². The molecule has 3 aromatic carbocycles. The van der Waals surface area contributed by atoms with Crippen LogP contribution in [0.2, 0.25) is 0 Å². The second-order valence-electron chi connectivity index (χ2n) is 9.15. The lowest BCUT2D eigenvalue weighted by Gasteiger charge is -2.17. The summed E-state index contributed by atoms with van der Waals surface area (Å²) >= 11 is 0. The molecule has 162 valence electrons. The molecule has 33 heavy (non-hydrogen) atoms. The number of anilines is 1. The van der Waals surface area contributed by atoms with Crippen molar-refractivity contribution >= 4 is 28.2 Å². The number of pyridine rings is 1. The molecule has 0 saturated carbocycles. The molecule has 4 aromatic rings. The van der Waals surface area contributed by atoms with Gasteiger partial charge in [0.05, 0.1) is 5.52 Å².